The zero-order chi connectivity index (χ0) is 13.3. The lowest BCUT2D eigenvalue weighted by Crippen LogP contribution is -2.04. The summed E-state index contributed by atoms with van der Waals surface area (Å²) < 4.78 is 42.2. The standard InChI is InChI=1S/C11H6F3NO3/c12-11(13,14)7-3-1-2-6(4-7)9-8(10(16)17)5-15-18-9/h1-5H,(H,16,17). The molecule has 0 aliphatic carbocycles. The predicted octanol–water partition coefficient (Wildman–Crippen LogP) is 3.06. The lowest BCUT2D eigenvalue weighted by molar-refractivity contribution is -0.137. The number of carboxylic acids is 1. The molecular weight excluding hydrogens is 251 g/mol. The second-order valence-corrected chi connectivity index (χ2v) is 3.45. The minimum atomic E-state index is -4.50. The van der Waals surface area contributed by atoms with Crippen molar-refractivity contribution in [1.29, 1.82) is 0 Å². The van der Waals surface area contributed by atoms with E-state index < -0.39 is 17.7 Å². The van der Waals surface area contributed by atoms with Crippen molar-refractivity contribution in [3.05, 3.63) is 41.6 Å². The summed E-state index contributed by atoms with van der Waals surface area (Å²) in [5.74, 6) is -1.52. The van der Waals surface area contributed by atoms with Gasteiger partial charge in [0, 0.05) is 5.56 Å². The maximum absolute atomic E-state index is 12.5. The molecule has 2 aromatic rings. The van der Waals surface area contributed by atoms with Crippen LogP contribution in [0.5, 0.6) is 0 Å². The SMILES string of the molecule is O=C(O)c1cnoc1-c1cccc(C(F)(F)F)c1. The zero-order valence-electron chi connectivity index (χ0n) is 8.73. The third-order valence-electron chi connectivity index (χ3n) is 2.25. The van der Waals surface area contributed by atoms with Crippen molar-refractivity contribution in [3.63, 3.8) is 0 Å². The third-order valence-corrected chi connectivity index (χ3v) is 2.25. The average Bonchev–Trinajstić information content (AvgIpc) is 2.77. The highest BCUT2D eigenvalue weighted by Gasteiger charge is 2.31. The third kappa shape index (κ3) is 2.20. The number of aromatic carboxylic acids is 1. The fourth-order valence-electron chi connectivity index (χ4n) is 1.44. The molecule has 0 aliphatic heterocycles. The van der Waals surface area contributed by atoms with E-state index in [-0.39, 0.29) is 16.9 Å². The van der Waals surface area contributed by atoms with Gasteiger partial charge in [-0.15, -0.1) is 0 Å². The normalized spacial score (nSPS) is 11.5. The minimum absolute atomic E-state index is 0.0136. The Morgan fingerprint density at radius 2 is 2.06 bits per heavy atom. The second kappa shape index (κ2) is 4.17. The van der Waals surface area contributed by atoms with Crippen molar-refractivity contribution in [3.8, 4) is 11.3 Å². The second-order valence-electron chi connectivity index (χ2n) is 3.45. The molecule has 0 spiro atoms. The molecule has 0 atom stereocenters. The number of benzene rings is 1. The average molecular weight is 257 g/mol. The highest BCUT2D eigenvalue weighted by Crippen LogP contribution is 2.33. The largest absolute Gasteiger partial charge is 0.477 e. The molecule has 1 heterocycles. The summed E-state index contributed by atoms with van der Waals surface area (Å²) in [5.41, 5.74) is -1.15. The summed E-state index contributed by atoms with van der Waals surface area (Å²) in [6.07, 6.45) is -3.56. The van der Waals surface area contributed by atoms with Gasteiger partial charge in [0.25, 0.3) is 0 Å². The molecule has 18 heavy (non-hydrogen) atoms. The molecule has 0 saturated heterocycles. The summed E-state index contributed by atoms with van der Waals surface area (Å²) in [4.78, 5) is 10.8. The summed E-state index contributed by atoms with van der Waals surface area (Å²) >= 11 is 0. The number of carbonyl (C=O) groups is 1. The van der Waals surface area contributed by atoms with Gasteiger partial charge in [0.05, 0.1) is 11.8 Å². The number of aromatic nitrogens is 1. The predicted molar refractivity (Wildman–Crippen MR) is 53.9 cm³/mol. The molecule has 0 aliphatic rings. The molecule has 94 valence electrons. The van der Waals surface area contributed by atoms with E-state index in [0.29, 0.717) is 0 Å². The number of nitrogens with zero attached hydrogens (tertiary/aromatic N) is 1. The Morgan fingerprint density at radius 1 is 1.33 bits per heavy atom. The number of carboxylic acid groups (broad SMARTS) is 1. The topological polar surface area (TPSA) is 63.3 Å². The fraction of sp³-hybridized carbons (Fsp3) is 0.0909. The van der Waals surface area contributed by atoms with Gasteiger partial charge in [0.1, 0.15) is 5.56 Å². The minimum Gasteiger partial charge on any atom is -0.477 e. The zero-order valence-corrected chi connectivity index (χ0v) is 8.73. The van der Waals surface area contributed by atoms with Crippen LogP contribution in [0.3, 0.4) is 0 Å². The molecule has 0 saturated carbocycles. The van der Waals surface area contributed by atoms with Crippen molar-refractivity contribution in [2.75, 3.05) is 0 Å². The quantitative estimate of drug-likeness (QED) is 0.897. The monoisotopic (exact) mass is 257 g/mol. The summed E-state index contributed by atoms with van der Waals surface area (Å²) in [7, 11) is 0. The summed E-state index contributed by atoms with van der Waals surface area (Å²) in [6.45, 7) is 0. The Labute approximate surface area is 98.6 Å². The van der Waals surface area contributed by atoms with Crippen LogP contribution in [-0.4, -0.2) is 16.2 Å². The Balaban J connectivity index is 2.52. The number of halogens is 3. The van der Waals surface area contributed by atoms with Crippen LogP contribution in [0.25, 0.3) is 11.3 Å². The van der Waals surface area contributed by atoms with Gasteiger partial charge in [0.15, 0.2) is 5.76 Å². The number of hydrogen-bond donors (Lipinski definition) is 1. The Bertz CT molecular complexity index is 589. The van der Waals surface area contributed by atoms with Gasteiger partial charge in [0.2, 0.25) is 0 Å². The maximum Gasteiger partial charge on any atom is 0.416 e. The Kier molecular flexibility index (Phi) is 2.82. The van der Waals surface area contributed by atoms with E-state index >= 15 is 0 Å². The van der Waals surface area contributed by atoms with Crippen molar-refractivity contribution in [2.24, 2.45) is 0 Å². The first-order valence-corrected chi connectivity index (χ1v) is 4.75. The van der Waals surface area contributed by atoms with E-state index in [2.05, 4.69) is 9.68 Å². The van der Waals surface area contributed by atoms with Crippen molar-refractivity contribution >= 4 is 5.97 Å². The number of rotatable bonds is 2. The van der Waals surface area contributed by atoms with E-state index in [1.807, 2.05) is 0 Å². The maximum atomic E-state index is 12.5. The van der Waals surface area contributed by atoms with Crippen LogP contribution in [0.15, 0.2) is 35.0 Å². The van der Waals surface area contributed by atoms with Gasteiger partial charge < -0.3 is 9.63 Å². The summed E-state index contributed by atoms with van der Waals surface area (Å²) in [6, 6.07) is 4.20. The van der Waals surface area contributed by atoms with Crippen molar-refractivity contribution in [2.45, 2.75) is 6.18 Å². The molecule has 0 radical (unpaired) electrons. The van der Waals surface area contributed by atoms with Crippen molar-refractivity contribution < 1.29 is 27.6 Å². The Morgan fingerprint density at radius 3 is 2.67 bits per heavy atom. The fourth-order valence-corrected chi connectivity index (χ4v) is 1.44. The van der Waals surface area contributed by atoms with Crippen LogP contribution in [0.1, 0.15) is 15.9 Å². The van der Waals surface area contributed by atoms with Crippen LogP contribution in [0, 0.1) is 0 Å². The first kappa shape index (κ1) is 12.2. The van der Waals surface area contributed by atoms with Gasteiger partial charge in [-0.1, -0.05) is 17.3 Å². The molecular formula is C11H6F3NO3. The summed E-state index contributed by atoms with van der Waals surface area (Å²) in [5, 5.41) is 12.1. The van der Waals surface area contributed by atoms with E-state index in [1.165, 1.54) is 12.1 Å². The lowest BCUT2D eigenvalue weighted by atomic mass is 10.1. The molecule has 1 aromatic heterocycles. The lowest BCUT2D eigenvalue weighted by Gasteiger charge is -2.07. The molecule has 1 aromatic carbocycles. The molecule has 2 rings (SSSR count). The van der Waals surface area contributed by atoms with Gasteiger partial charge >= 0.3 is 12.1 Å². The van der Waals surface area contributed by atoms with Gasteiger partial charge in [-0.2, -0.15) is 13.2 Å². The highest BCUT2D eigenvalue weighted by atomic mass is 19.4. The molecule has 0 fully saturated rings. The van der Waals surface area contributed by atoms with E-state index in [9.17, 15) is 18.0 Å². The van der Waals surface area contributed by atoms with E-state index in [1.54, 1.807) is 0 Å². The molecule has 1 N–H and O–H groups in total. The van der Waals surface area contributed by atoms with Crippen LogP contribution in [-0.2, 0) is 6.18 Å². The molecule has 0 unspecified atom stereocenters. The van der Waals surface area contributed by atoms with E-state index in [0.717, 1.165) is 18.3 Å². The van der Waals surface area contributed by atoms with Crippen LogP contribution in [0.2, 0.25) is 0 Å². The van der Waals surface area contributed by atoms with E-state index in [4.69, 9.17) is 5.11 Å². The molecule has 4 nitrogen and oxygen atoms in total. The number of hydrogen-bond acceptors (Lipinski definition) is 3. The first-order chi connectivity index (χ1) is 8.39. The molecule has 7 heteroatoms. The first-order valence-electron chi connectivity index (χ1n) is 4.75. The number of alkyl halides is 3. The smallest absolute Gasteiger partial charge is 0.416 e. The van der Waals surface area contributed by atoms with Crippen LogP contribution >= 0.6 is 0 Å². The van der Waals surface area contributed by atoms with Crippen molar-refractivity contribution in [1.82, 2.24) is 5.16 Å². The van der Waals surface area contributed by atoms with Gasteiger partial charge in [-0.25, -0.2) is 4.79 Å². The van der Waals surface area contributed by atoms with Gasteiger partial charge in [-0.3, -0.25) is 0 Å². The Hall–Kier alpha value is -2.31. The van der Waals surface area contributed by atoms with Gasteiger partial charge in [-0.05, 0) is 12.1 Å². The van der Waals surface area contributed by atoms with Crippen LogP contribution in [0.4, 0.5) is 13.2 Å². The van der Waals surface area contributed by atoms with Crippen LogP contribution < -0.4 is 0 Å². The highest BCUT2D eigenvalue weighted by molar-refractivity contribution is 5.93. The molecule has 0 bridgehead atoms. The molecule has 0 amide bonds.